The van der Waals surface area contributed by atoms with Gasteiger partial charge in [0.05, 0.1) is 29.7 Å². The van der Waals surface area contributed by atoms with Gasteiger partial charge in [0.15, 0.2) is 5.82 Å². The van der Waals surface area contributed by atoms with Gasteiger partial charge in [0.25, 0.3) is 5.91 Å². The molecule has 0 unspecified atom stereocenters. The Hall–Kier alpha value is -2.15. The van der Waals surface area contributed by atoms with Crippen molar-refractivity contribution in [2.75, 3.05) is 4.90 Å². The van der Waals surface area contributed by atoms with E-state index < -0.39 is 0 Å². The second-order valence-corrected chi connectivity index (χ2v) is 5.25. The molecule has 0 saturated carbocycles. The van der Waals surface area contributed by atoms with Crippen molar-refractivity contribution in [1.29, 1.82) is 0 Å². The van der Waals surface area contributed by atoms with Crippen LogP contribution in [0.2, 0.25) is 5.02 Å². The minimum atomic E-state index is -0.275. The van der Waals surface area contributed by atoms with Crippen molar-refractivity contribution in [3.05, 3.63) is 35.8 Å². The van der Waals surface area contributed by atoms with Crippen LogP contribution in [0.1, 0.15) is 25.6 Å². The molecule has 2 rings (SSSR count). The van der Waals surface area contributed by atoms with Crippen LogP contribution in [0.15, 0.2) is 25.0 Å². The highest BCUT2D eigenvalue weighted by atomic mass is 35.5. The summed E-state index contributed by atoms with van der Waals surface area (Å²) in [5, 5.41) is 12.6. The van der Waals surface area contributed by atoms with Crippen molar-refractivity contribution in [3.8, 4) is 0 Å². The van der Waals surface area contributed by atoms with E-state index in [0.29, 0.717) is 16.5 Å². The fourth-order valence-corrected chi connectivity index (χ4v) is 2.01. The number of amides is 1. The summed E-state index contributed by atoms with van der Waals surface area (Å²) < 4.78 is 3.31. The number of rotatable bonds is 5. The molecule has 1 amide bonds. The molecule has 7 nitrogen and oxygen atoms in total. The predicted octanol–water partition coefficient (Wildman–Crippen LogP) is 1.97. The highest BCUT2D eigenvalue weighted by molar-refractivity contribution is 6.31. The number of aryl methyl sites for hydroxylation is 1. The van der Waals surface area contributed by atoms with E-state index in [1.165, 1.54) is 11.0 Å². The van der Waals surface area contributed by atoms with Gasteiger partial charge in [-0.25, -0.2) is 4.68 Å². The molecule has 21 heavy (non-hydrogen) atoms. The zero-order valence-electron chi connectivity index (χ0n) is 12.2. The molecule has 2 aromatic rings. The van der Waals surface area contributed by atoms with Crippen molar-refractivity contribution < 1.29 is 4.79 Å². The van der Waals surface area contributed by atoms with E-state index in [1.54, 1.807) is 28.8 Å². The maximum Gasteiger partial charge on any atom is 0.252 e. The molecule has 112 valence electrons. The van der Waals surface area contributed by atoms with Crippen molar-refractivity contribution in [1.82, 2.24) is 24.8 Å². The van der Waals surface area contributed by atoms with E-state index in [-0.39, 0.29) is 18.5 Å². The smallest absolute Gasteiger partial charge is 0.252 e. The molecule has 2 aromatic heterocycles. The Kier molecular flexibility index (Phi) is 4.42. The van der Waals surface area contributed by atoms with E-state index in [9.17, 15) is 4.79 Å². The summed E-state index contributed by atoms with van der Waals surface area (Å²) in [6.45, 7) is 7.73. The molecule has 0 atom stereocenters. The number of hydrogen-bond acceptors (Lipinski definition) is 4. The molecule has 0 bridgehead atoms. The quantitative estimate of drug-likeness (QED) is 0.792. The first kappa shape index (κ1) is 15.2. The lowest BCUT2D eigenvalue weighted by Gasteiger charge is -2.18. The predicted molar refractivity (Wildman–Crippen MR) is 80.0 cm³/mol. The third-order valence-corrected chi connectivity index (χ3v) is 3.38. The molecule has 0 N–H and O–H groups in total. The molecule has 0 radical (unpaired) electrons. The molecule has 0 fully saturated rings. The van der Waals surface area contributed by atoms with E-state index in [0.717, 1.165) is 0 Å². The van der Waals surface area contributed by atoms with Gasteiger partial charge >= 0.3 is 0 Å². The van der Waals surface area contributed by atoms with Gasteiger partial charge in [0.2, 0.25) is 0 Å². The average molecular weight is 309 g/mol. The van der Waals surface area contributed by atoms with Gasteiger partial charge in [0.1, 0.15) is 0 Å². The van der Waals surface area contributed by atoms with Crippen molar-refractivity contribution >= 4 is 23.3 Å². The Bertz CT molecular complexity index is 640. The third-order valence-electron chi connectivity index (χ3n) is 3.06. The maximum atomic E-state index is 12.1. The first-order valence-electron chi connectivity index (χ1n) is 6.46. The van der Waals surface area contributed by atoms with Gasteiger partial charge in [0, 0.05) is 13.1 Å². The zero-order chi connectivity index (χ0) is 15.6. The zero-order valence-corrected chi connectivity index (χ0v) is 12.9. The molecule has 0 aliphatic carbocycles. The number of carbonyl (C=O) groups excluding carboxylic acids is 1. The molecule has 0 spiro atoms. The van der Waals surface area contributed by atoms with Crippen molar-refractivity contribution in [2.45, 2.75) is 26.4 Å². The number of carbonyl (C=O) groups is 1. The Morgan fingerprint density at radius 2 is 2.29 bits per heavy atom. The normalized spacial score (nSPS) is 10.9. The van der Waals surface area contributed by atoms with Gasteiger partial charge in [-0.3, -0.25) is 14.4 Å². The summed E-state index contributed by atoms with van der Waals surface area (Å²) in [6, 6.07) is 0.159. The van der Waals surface area contributed by atoms with Crippen LogP contribution in [0, 0.1) is 0 Å². The topological polar surface area (TPSA) is 68.8 Å². The summed E-state index contributed by atoms with van der Waals surface area (Å²) in [7, 11) is 1.77. The summed E-state index contributed by atoms with van der Waals surface area (Å²) in [5.74, 6) is 0.175. The summed E-state index contributed by atoms with van der Waals surface area (Å²) in [4.78, 5) is 13.6. The monoisotopic (exact) mass is 308 g/mol. The third kappa shape index (κ3) is 3.13. The molecule has 0 saturated heterocycles. The largest absolute Gasteiger partial charge is 0.284 e. The second-order valence-electron chi connectivity index (χ2n) is 4.84. The summed E-state index contributed by atoms with van der Waals surface area (Å²) >= 11 is 6.09. The number of anilines is 1. The van der Waals surface area contributed by atoms with E-state index in [1.807, 2.05) is 13.8 Å². The maximum absolute atomic E-state index is 12.1. The highest BCUT2D eigenvalue weighted by Gasteiger charge is 2.20. The lowest BCUT2D eigenvalue weighted by atomic mass is 10.3. The van der Waals surface area contributed by atoms with Crippen LogP contribution in [0.5, 0.6) is 0 Å². The fourth-order valence-electron chi connectivity index (χ4n) is 1.79. The molecular weight excluding hydrogens is 292 g/mol. The van der Waals surface area contributed by atoms with E-state index in [2.05, 4.69) is 22.0 Å². The van der Waals surface area contributed by atoms with Gasteiger partial charge in [-0.15, -0.1) is 5.10 Å². The molecule has 0 aliphatic heterocycles. The van der Waals surface area contributed by atoms with Crippen LogP contribution < -0.4 is 4.90 Å². The molecule has 2 heterocycles. The van der Waals surface area contributed by atoms with Crippen LogP contribution in [-0.4, -0.2) is 30.7 Å². The van der Waals surface area contributed by atoms with Crippen molar-refractivity contribution in [2.24, 2.45) is 7.05 Å². The van der Waals surface area contributed by atoms with Gasteiger partial charge in [-0.05, 0) is 19.9 Å². The molecule has 0 aliphatic rings. The van der Waals surface area contributed by atoms with Crippen LogP contribution in [0.3, 0.4) is 0 Å². The highest BCUT2D eigenvalue weighted by Crippen LogP contribution is 2.20. The average Bonchev–Trinajstić information content (AvgIpc) is 3.04. The van der Waals surface area contributed by atoms with Crippen LogP contribution in [-0.2, 0) is 18.4 Å². The minimum Gasteiger partial charge on any atom is -0.284 e. The Morgan fingerprint density at radius 3 is 2.76 bits per heavy atom. The van der Waals surface area contributed by atoms with Crippen LogP contribution in [0.25, 0.3) is 0 Å². The summed E-state index contributed by atoms with van der Waals surface area (Å²) in [6.07, 6.45) is 4.49. The summed E-state index contributed by atoms with van der Waals surface area (Å²) in [5.41, 5.74) is 0.714. The minimum absolute atomic E-state index is 0.159. The van der Waals surface area contributed by atoms with Gasteiger partial charge in [-0.2, -0.15) is 5.10 Å². The first-order valence-corrected chi connectivity index (χ1v) is 6.84. The molecule has 8 heteroatoms. The standard InChI is InChI=1S/C13H17ClN6O/c1-5-13(21)19(7-11-10(14)6-15-18(11)4)12-8-20(9(2)3)17-16-12/h5-6,8-9H,1,7H2,2-4H3. The van der Waals surface area contributed by atoms with Gasteiger partial charge in [-0.1, -0.05) is 23.4 Å². The van der Waals surface area contributed by atoms with Crippen LogP contribution >= 0.6 is 11.6 Å². The number of aromatic nitrogens is 5. The van der Waals surface area contributed by atoms with E-state index >= 15 is 0 Å². The van der Waals surface area contributed by atoms with Crippen LogP contribution in [0.4, 0.5) is 5.82 Å². The van der Waals surface area contributed by atoms with Gasteiger partial charge < -0.3 is 0 Å². The van der Waals surface area contributed by atoms with E-state index in [4.69, 9.17) is 11.6 Å². The Morgan fingerprint density at radius 1 is 1.57 bits per heavy atom. The molecule has 0 aromatic carbocycles. The first-order chi connectivity index (χ1) is 9.93. The SMILES string of the molecule is C=CC(=O)N(Cc1c(Cl)cnn1C)c1cn(C(C)C)nn1. The fraction of sp³-hybridized carbons (Fsp3) is 0.385. The lowest BCUT2D eigenvalue weighted by molar-refractivity contribution is -0.114. The number of halogens is 1. The lowest BCUT2D eigenvalue weighted by Crippen LogP contribution is -2.30. The number of nitrogens with zero attached hydrogens (tertiary/aromatic N) is 6. The van der Waals surface area contributed by atoms with Crippen molar-refractivity contribution in [3.63, 3.8) is 0 Å². The second kappa shape index (κ2) is 6.09. The Balaban J connectivity index is 2.34. The Labute approximate surface area is 127 Å². The number of hydrogen-bond donors (Lipinski definition) is 0. The molecular formula is C13H17ClN6O.